The first-order valence-electron chi connectivity index (χ1n) is 9.08. The van der Waals surface area contributed by atoms with E-state index in [1.807, 2.05) is 11.8 Å². The van der Waals surface area contributed by atoms with Gasteiger partial charge in [0.15, 0.2) is 5.96 Å². The standard InChI is InChI=1S/C17H32N4OS.HI/c1-3-18-17(21-14-8-9-15(12-14)23-2)19-11-10-16(22)20-13-6-4-5-7-13;/h13-15H,3-12H2,1-2H3,(H,20,22)(H2,18,19,21);1H. The molecule has 2 fully saturated rings. The summed E-state index contributed by atoms with van der Waals surface area (Å²) in [5.41, 5.74) is 0. The third kappa shape index (κ3) is 7.80. The number of amides is 1. The van der Waals surface area contributed by atoms with Gasteiger partial charge in [-0.25, -0.2) is 0 Å². The molecule has 0 heterocycles. The molecule has 2 aliphatic rings. The molecule has 0 aromatic carbocycles. The van der Waals surface area contributed by atoms with Crippen molar-refractivity contribution in [1.29, 1.82) is 0 Å². The van der Waals surface area contributed by atoms with Crippen molar-refractivity contribution in [2.24, 2.45) is 4.99 Å². The molecule has 2 unspecified atom stereocenters. The van der Waals surface area contributed by atoms with Crippen LogP contribution in [0.2, 0.25) is 0 Å². The maximum absolute atomic E-state index is 11.9. The largest absolute Gasteiger partial charge is 0.357 e. The maximum atomic E-state index is 11.9. The Balaban J connectivity index is 0.00000288. The molecule has 0 spiro atoms. The van der Waals surface area contributed by atoms with Crippen LogP contribution in [0.1, 0.15) is 58.3 Å². The van der Waals surface area contributed by atoms with E-state index in [0.717, 1.165) is 30.6 Å². The summed E-state index contributed by atoms with van der Waals surface area (Å²) < 4.78 is 0. The summed E-state index contributed by atoms with van der Waals surface area (Å²) in [5, 5.41) is 10.7. The van der Waals surface area contributed by atoms with Crippen molar-refractivity contribution in [3.05, 3.63) is 0 Å². The Kier molecular flexibility index (Phi) is 11.1. The highest BCUT2D eigenvalue weighted by molar-refractivity contribution is 14.0. The maximum Gasteiger partial charge on any atom is 0.222 e. The van der Waals surface area contributed by atoms with Crippen molar-refractivity contribution >= 4 is 47.6 Å². The number of hydrogen-bond donors (Lipinski definition) is 3. The molecular formula is C17H33IN4OS. The van der Waals surface area contributed by atoms with E-state index in [1.54, 1.807) is 0 Å². The lowest BCUT2D eigenvalue weighted by Crippen LogP contribution is -2.42. The highest BCUT2D eigenvalue weighted by atomic mass is 127. The first kappa shape index (κ1) is 21.9. The highest BCUT2D eigenvalue weighted by Gasteiger charge is 2.24. The SMILES string of the molecule is CCNC(=NCCC(=O)NC1CCCC1)NC1CCC(SC)C1.I. The van der Waals surface area contributed by atoms with Gasteiger partial charge in [-0.1, -0.05) is 12.8 Å². The summed E-state index contributed by atoms with van der Waals surface area (Å²) in [7, 11) is 0. The van der Waals surface area contributed by atoms with Gasteiger partial charge in [-0.3, -0.25) is 9.79 Å². The number of thioether (sulfide) groups is 1. The Morgan fingerprint density at radius 3 is 2.50 bits per heavy atom. The minimum Gasteiger partial charge on any atom is -0.357 e. The average Bonchev–Trinajstić information content (AvgIpc) is 3.19. The number of guanidine groups is 1. The van der Waals surface area contributed by atoms with Crippen LogP contribution < -0.4 is 16.0 Å². The number of aliphatic imine (C=N–C) groups is 1. The molecule has 0 aromatic heterocycles. The van der Waals surface area contributed by atoms with E-state index in [9.17, 15) is 4.79 Å². The van der Waals surface area contributed by atoms with Crippen LogP contribution in [0, 0.1) is 0 Å². The second-order valence-corrected chi connectivity index (χ2v) is 7.71. The zero-order valence-corrected chi connectivity index (χ0v) is 18.1. The first-order chi connectivity index (χ1) is 11.2. The molecule has 2 saturated carbocycles. The molecule has 24 heavy (non-hydrogen) atoms. The van der Waals surface area contributed by atoms with Crippen LogP contribution >= 0.6 is 35.7 Å². The predicted octanol–water partition coefficient (Wildman–Crippen LogP) is 2.89. The molecule has 0 saturated heterocycles. The van der Waals surface area contributed by atoms with Crippen molar-refractivity contribution in [2.75, 3.05) is 19.3 Å². The monoisotopic (exact) mass is 468 g/mol. The lowest BCUT2D eigenvalue weighted by molar-refractivity contribution is -0.121. The van der Waals surface area contributed by atoms with Gasteiger partial charge in [0.1, 0.15) is 0 Å². The van der Waals surface area contributed by atoms with Crippen LogP contribution in [0.3, 0.4) is 0 Å². The van der Waals surface area contributed by atoms with Crippen molar-refractivity contribution in [1.82, 2.24) is 16.0 Å². The Bertz CT molecular complexity index is 402. The van der Waals surface area contributed by atoms with Crippen LogP contribution in [-0.2, 0) is 4.79 Å². The molecule has 0 bridgehead atoms. The molecule has 140 valence electrons. The zero-order valence-electron chi connectivity index (χ0n) is 15.0. The molecule has 2 rings (SSSR count). The van der Waals surface area contributed by atoms with Gasteiger partial charge >= 0.3 is 0 Å². The topological polar surface area (TPSA) is 65.5 Å². The Labute approximate surface area is 168 Å². The van der Waals surface area contributed by atoms with Crippen LogP contribution in [-0.4, -0.2) is 48.5 Å². The summed E-state index contributed by atoms with van der Waals surface area (Å²) in [4.78, 5) is 16.5. The average molecular weight is 468 g/mol. The van der Waals surface area contributed by atoms with Gasteiger partial charge in [-0.15, -0.1) is 24.0 Å². The second kappa shape index (κ2) is 12.2. The summed E-state index contributed by atoms with van der Waals surface area (Å²) >= 11 is 1.96. The quantitative estimate of drug-likeness (QED) is 0.306. The van der Waals surface area contributed by atoms with Gasteiger partial charge in [0, 0.05) is 30.3 Å². The number of halogens is 1. The number of nitrogens with one attached hydrogen (secondary N) is 3. The van der Waals surface area contributed by atoms with E-state index in [-0.39, 0.29) is 29.9 Å². The Morgan fingerprint density at radius 1 is 1.12 bits per heavy atom. The number of carbonyl (C=O) groups is 1. The lowest BCUT2D eigenvalue weighted by Gasteiger charge is -2.17. The fourth-order valence-corrected chi connectivity index (χ4v) is 4.23. The van der Waals surface area contributed by atoms with Crippen LogP contribution in [0.5, 0.6) is 0 Å². The molecule has 0 radical (unpaired) electrons. The van der Waals surface area contributed by atoms with E-state index in [0.29, 0.717) is 25.0 Å². The van der Waals surface area contributed by atoms with Crippen molar-refractivity contribution in [2.45, 2.75) is 75.6 Å². The molecular weight excluding hydrogens is 435 g/mol. The van der Waals surface area contributed by atoms with Crippen molar-refractivity contribution in [3.8, 4) is 0 Å². The van der Waals surface area contributed by atoms with Crippen LogP contribution in [0.15, 0.2) is 4.99 Å². The summed E-state index contributed by atoms with van der Waals surface area (Å²) in [5.74, 6) is 0.993. The molecule has 0 aliphatic heterocycles. The van der Waals surface area contributed by atoms with Crippen molar-refractivity contribution < 1.29 is 4.79 Å². The first-order valence-corrected chi connectivity index (χ1v) is 10.4. The van der Waals surface area contributed by atoms with Crippen LogP contribution in [0.4, 0.5) is 0 Å². The number of nitrogens with zero attached hydrogens (tertiary/aromatic N) is 1. The molecule has 5 nitrogen and oxygen atoms in total. The molecule has 2 atom stereocenters. The third-order valence-electron chi connectivity index (χ3n) is 4.73. The summed E-state index contributed by atoms with van der Waals surface area (Å²) in [6.07, 6.45) is 11.1. The van der Waals surface area contributed by atoms with E-state index in [4.69, 9.17) is 0 Å². The zero-order chi connectivity index (χ0) is 16.5. The van der Waals surface area contributed by atoms with Gasteiger partial charge < -0.3 is 16.0 Å². The molecule has 1 amide bonds. The van der Waals surface area contributed by atoms with E-state index >= 15 is 0 Å². The van der Waals surface area contributed by atoms with E-state index < -0.39 is 0 Å². The lowest BCUT2D eigenvalue weighted by atomic mass is 10.2. The molecule has 2 aliphatic carbocycles. The number of hydrogen-bond acceptors (Lipinski definition) is 3. The van der Waals surface area contributed by atoms with E-state index in [2.05, 4.69) is 34.1 Å². The van der Waals surface area contributed by atoms with Crippen LogP contribution in [0.25, 0.3) is 0 Å². The van der Waals surface area contributed by atoms with Gasteiger partial charge in [-0.05, 0) is 45.3 Å². The minimum absolute atomic E-state index is 0. The number of carbonyl (C=O) groups excluding carboxylic acids is 1. The second-order valence-electron chi connectivity index (χ2n) is 6.57. The van der Waals surface area contributed by atoms with E-state index in [1.165, 1.54) is 32.1 Å². The van der Waals surface area contributed by atoms with Gasteiger partial charge in [-0.2, -0.15) is 11.8 Å². The Morgan fingerprint density at radius 2 is 1.88 bits per heavy atom. The summed E-state index contributed by atoms with van der Waals surface area (Å²) in [6, 6.07) is 0.914. The minimum atomic E-state index is 0. The number of rotatable bonds is 7. The normalized spacial score (nSPS) is 24.5. The molecule has 0 aromatic rings. The smallest absolute Gasteiger partial charge is 0.222 e. The van der Waals surface area contributed by atoms with Gasteiger partial charge in [0.2, 0.25) is 5.91 Å². The molecule has 3 N–H and O–H groups in total. The fourth-order valence-electron chi connectivity index (χ4n) is 3.44. The third-order valence-corrected chi connectivity index (χ3v) is 5.83. The van der Waals surface area contributed by atoms with Gasteiger partial charge in [0.05, 0.1) is 6.54 Å². The predicted molar refractivity (Wildman–Crippen MR) is 114 cm³/mol. The highest BCUT2D eigenvalue weighted by Crippen LogP contribution is 2.28. The fraction of sp³-hybridized carbons (Fsp3) is 0.882. The molecule has 7 heteroatoms. The summed E-state index contributed by atoms with van der Waals surface area (Å²) in [6.45, 7) is 3.47. The van der Waals surface area contributed by atoms with Gasteiger partial charge in [0.25, 0.3) is 0 Å². The Hall–Kier alpha value is -0.180. The van der Waals surface area contributed by atoms with Crippen molar-refractivity contribution in [3.63, 3.8) is 0 Å².